The Hall–Kier alpha value is -0.260. The smallest absolute Gasteiger partial charge is 0.251 e. The van der Waals surface area contributed by atoms with Crippen LogP contribution in [0.15, 0.2) is 0 Å². The highest BCUT2D eigenvalue weighted by molar-refractivity contribution is 4.97. The van der Waals surface area contributed by atoms with Gasteiger partial charge in [0, 0.05) is 23.9 Å². The Morgan fingerprint density at radius 2 is 1.58 bits per heavy atom. The monoisotopic (exact) mass is 347 g/mol. The van der Waals surface area contributed by atoms with Crippen molar-refractivity contribution in [3.8, 4) is 0 Å². The standard InChI is InChI=1S/C19H35F2NO2/c1-11(2)17-18(12(3)4)22(7-16(20)21)15-10-23-8-14(15)9-24-19(17)13(5)6/h11-19H,7-10H2,1-6H3. The Balaban J connectivity index is 2.44. The first-order chi connectivity index (χ1) is 11.2. The third kappa shape index (κ3) is 4.28. The van der Waals surface area contributed by atoms with Crippen molar-refractivity contribution in [1.82, 2.24) is 4.90 Å². The molecule has 142 valence electrons. The van der Waals surface area contributed by atoms with Gasteiger partial charge in [0.05, 0.1) is 32.5 Å². The van der Waals surface area contributed by atoms with E-state index in [1.807, 2.05) is 0 Å². The summed E-state index contributed by atoms with van der Waals surface area (Å²) in [6.45, 7) is 14.7. The highest BCUT2D eigenvalue weighted by Crippen LogP contribution is 2.39. The van der Waals surface area contributed by atoms with E-state index in [4.69, 9.17) is 9.47 Å². The molecule has 2 aliphatic rings. The minimum Gasteiger partial charge on any atom is -0.379 e. The first-order valence-electron chi connectivity index (χ1n) is 9.47. The van der Waals surface area contributed by atoms with Crippen molar-refractivity contribution in [2.45, 2.75) is 66.2 Å². The Bertz CT molecular complexity index is 390. The van der Waals surface area contributed by atoms with Crippen LogP contribution in [0.5, 0.6) is 0 Å². The number of hydrogen-bond donors (Lipinski definition) is 0. The van der Waals surface area contributed by atoms with Crippen LogP contribution in [-0.4, -0.2) is 55.9 Å². The first kappa shape index (κ1) is 20.1. The number of halogens is 2. The van der Waals surface area contributed by atoms with Gasteiger partial charge in [0.1, 0.15) is 0 Å². The molecule has 0 amide bonds. The molecule has 0 bridgehead atoms. The van der Waals surface area contributed by atoms with E-state index in [1.165, 1.54) is 0 Å². The third-order valence-corrected chi connectivity index (χ3v) is 5.71. The zero-order valence-corrected chi connectivity index (χ0v) is 16.0. The Kier molecular flexibility index (Phi) is 7.03. The minimum atomic E-state index is -2.32. The van der Waals surface area contributed by atoms with Crippen LogP contribution in [0.4, 0.5) is 8.78 Å². The molecule has 0 aromatic rings. The average Bonchev–Trinajstić information content (AvgIpc) is 2.89. The molecule has 0 saturated carbocycles. The maximum atomic E-state index is 13.4. The van der Waals surface area contributed by atoms with Crippen LogP contribution in [0.25, 0.3) is 0 Å². The van der Waals surface area contributed by atoms with Gasteiger partial charge in [0.15, 0.2) is 0 Å². The predicted molar refractivity (Wildman–Crippen MR) is 92.3 cm³/mol. The summed E-state index contributed by atoms with van der Waals surface area (Å²) in [6, 6.07) is 0.127. The molecule has 0 N–H and O–H groups in total. The second kappa shape index (κ2) is 8.41. The summed E-state index contributed by atoms with van der Waals surface area (Å²) in [5, 5.41) is 0. The highest BCUT2D eigenvalue weighted by atomic mass is 19.3. The van der Waals surface area contributed by atoms with Gasteiger partial charge in [-0.25, -0.2) is 8.78 Å². The molecular formula is C19H35F2NO2. The molecule has 24 heavy (non-hydrogen) atoms. The second-order valence-corrected chi connectivity index (χ2v) is 8.55. The van der Waals surface area contributed by atoms with E-state index in [0.717, 1.165) is 0 Å². The first-order valence-corrected chi connectivity index (χ1v) is 9.47. The van der Waals surface area contributed by atoms with Crippen molar-refractivity contribution >= 4 is 0 Å². The molecule has 2 aliphatic heterocycles. The maximum absolute atomic E-state index is 13.4. The van der Waals surface area contributed by atoms with E-state index in [0.29, 0.717) is 37.6 Å². The number of nitrogens with zero attached hydrogens (tertiary/aromatic N) is 1. The van der Waals surface area contributed by atoms with Crippen molar-refractivity contribution in [2.75, 3.05) is 26.4 Å². The fourth-order valence-electron chi connectivity index (χ4n) is 4.75. The number of fused-ring (bicyclic) bond motifs is 1. The van der Waals surface area contributed by atoms with E-state index in [9.17, 15) is 8.78 Å². The molecule has 0 spiro atoms. The Morgan fingerprint density at radius 3 is 2.08 bits per heavy atom. The minimum absolute atomic E-state index is 0.0424. The van der Waals surface area contributed by atoms with Gasteiger partial charge in [0.25, 0.3) is 6.43 Å². The molecular weight excluding hydrogens is 312 g/mol. The summed E-state index contributed by atoms with van der Waals surface area (Å²) in [5.41, 5.74) is 0. The largest absolute Gasteiger partial charge is 0.379 e. The van der Waals surface area contributed by atoms with Gasteiger partial charge < -0.3 is 9.47 Å². The van der Waals surface area contributed by atoms with Crippen molar-refractivity contribution in [2.24, 2.45) is 29.6 Å². The predicted octanol–water partition coefficient (Wildman–Crippen LogP) is 3.92. The van der Waals surface area contributed by atoms with Gasteiger partial charge in [-0.2, -0.15) is 0 Å². The van der Waals surface area contributed by atoms with Crippen LogP contribution in [0.1, 0.15) is 41.5 Å². The second-order valence-electron chi connectivity index (χ2n) is 8.55. The van der Waals surface area contributed by atoms with Crippen molar-refractivity contribution in [1.29, 1.82) is 0 Å². The van der Waals surface area contributed by atoms with E-state index < -0.39 is 6.43 Å². The normalized spacial score (nSPS) is 35.8. The summed E-state index contributed by atoms with van der Waals surface area (Å²) in [7, 11) is 0. The zero-order valence-electron chi connectivity index (χ0n) is 16.0. The molecule has 0 aromatic carbocycles. The van der Waals surface area contributed by atoms with Crippen molar-refractivity contribution in [3.63, 3.8) is 0 Å². The van der Waals surface area contributed by atoms with Gasteiger partial charge >= 0.3 is 0 Å². The Labute approximate surface area is 146 Å². The lowest BCUT2D eigenvalue weighted by molar-refractivity contribution is -0.125. The summed E-state index contributed by atoms with van der Waals surface area (Å²) in [4.78, 5) is 2.08. The fourth-order valence-corrected chi connectivity index (χ4v) is 4.75. The SMILES string of the molecule is CC(C)C1OCC2COCC2N(CC(F)F)C(C(C)C)C1C(C)C. The maximum Gasteiger partial charge on any atom is 0.251 e. The summed E-state index contributed by atoms with van der Waals surface area (Å²) >= 11 is 0. The van der Waals surface area contributed by atoms with E-state index in [-0.39, 0.29) is 36.6 Å². The molecule has 5 heteroatoms. The number of alkyl halides is 2. The summed E-state index contributed by atoms with van der Waals surface area (Å²) < 4.78 is 38.9. The van der Waals surface area contributed by atoms with E-state index in [1.54, 1.807) is 0 Å². The lowest BCUT2D eigenvalue weighted by atomic mass is 9.73. The molecule has 2 heterocycles. The van der Waals surface area contributed by atoms with Gasteiger partial charge in [-0.1, -0.05) is 41.5 Å². The zero-order chi connectivity index (χ0) is 18.0. The van der Waals surface area contributed by atoms with Gasteiger partial charge in [-0.15, -0.1) is 0 Å². The number of ether oxygens (including phenoxy) is 2. The molecule has 2 fully saturated rings. The Morgan fingerprint density at radius 1 is 0.917 bits per heavy atom. The quantitative estimate of drug-likeness (QED) is 0.752. The molecule has 2 rings (SSSR count). The number of hydrogen-bond acceptors (Lipinski definition) is 3. The van der Waals surface area contributed by atoms with Gasteiger partial charge in [-0.05, 0) is 17.8 Å². The van der Waals surface area contributed by atoms with Crippen LogP contribution in [-0.2, 0) is 9.47 Å². The molecule has 2 saturated heterocycles. The van der Waals surface area contributed by atoms with Crippen LogP contribution in [0, 0.1) is 29.6 Å². The van der Waals surface area contributed by atoms with E-state index >= 15 is 0 Å². The molecule has 3 nitrogen and oxygen atoms in total. The average molecular weight is 347 g/mol. The van der Waals surface area contributed by atoms with E-state index in [2.05, 4.69) is 46.4 Å². The summed E-state index contributed by atoms with van der Waals surface area (Å²) in [5.74, 6) is 1.47. The summed E-state index contributed by atoms with van der Waals surface area (Å²) in [6.07, 6.45) is -2.22. The molecule has 0 aromatic heterocycles. The van der Waals surface area contributed by atoms with Crippen LogP contribution in [0.2, 0.25) is 0 Å². The molecule has 0 aliphatic carbocycles. The molecule has 5 atom stereocenters. The van der Waals surface area contributed by atoms with Crippen molar-refractivity contribution in [3.05, 3.63) is 0 Å². The topological polar surface area (TPSA) is 21.7 Å². The van der Waals surface area contributed by atoms with Gasteiger partial charge in [-0.3, -0.25) is 4.90 Å². The van der Waals surface area contributed by atoms with Gasteiger partial charge in [0.2, 0.25) is 0 Å². The fraction of sp³-hybridized carbons (Fsp3) is 1.00. The molecule has 5 unspecified atom stereocenters. The lowest BCUT2D eigenvalue weighted by Crippen LogP contribution is -2.60. The highest BCUT2D eigenvalue weighted by Gasteiger charge is 2.47. The van der Waals surface area contributed by atoms with Crippen LogP contribution < -0.4 is 0 Å². The van der Waals surface area contributed by atoms with Crippen molar-refractivity contribution < 1.29 is 18.3 Å². The third-order valence-electron chi connectivity index (χ3n) is 5.71. The lowest BCUT2D eigenvalue weighted by Gasteiger charge is -2.50. The number of rotatable bonds is 5. The van der Waals surface area contributed by atoms with Crippen LogP contribution >= 0.6 is 0 Å². The van der Waals surface area contributed by atoms with Crippen LogP contribution in [0.3, 0.4) is 0 Å². The molecule has 0 radical (unpaired) electrons.